The topological polar surface area (TPSA) is 20.7 Å². The monoisotopic (exact) mass is 396 g/mol. The summed E-state index contributed by atoms with van der Waals surface area (Å²) < 4.78 is 4.98. The zero-order chi connectivity index (χ0) is 13.4. The van der Waals surface area contributed by atoms with E-state index in [1.807, 2.05) is 24.3 Å². The summed E-state index contributed by atoms with van der Waals surface area (Å²) in [5.41, 5.74) is 3.39. The fourth-order valence-corrected chi connectivity index (χ4v) is 3.19. The van der Waals surface area contributed by atoms with Crippen molar-refractivity contribution >= 4 is 55.1 Å². The molecule has 0 unspecified atom stereocenters. The van der Waals surface area contributed by atoms with E-state index >= 15 is 0 Å². The third kappa shape index (κ3) is 2.68. The molecule has 0 radical (unpaired) electrons. The first-order valence-electron chi connectivity index (χ1n) is 5.76. The Balaban J connectivity index is 2.10. The normalized spacial score (nSPS) is 11.1. The van der Waals surface area contributed by atoms with Crippen molar-refractivity contribution in [2.75, 3.05) is 0 Å². The number of halogens is 2. The number of hydrogen-bond donors (Lipinski definition) is 1. The lowest BCUT2D eigenvalue weighted by Gasteiger charge is -2.05. The lowest BCUT2D eigenvalue weighted by Crippen LogP contribution is -1.99. The summed E-state index contributed by atoms with van der Waals surface area (Å²) in [4.78, 5) is 3.24. The van der Waals surface area contributed by atoms with Crippen LogP contribution in [0.2, 0.25) is 0 Å². The molecular weight excluding hydrogens is 388 g/mol. The number of H-pyrrole nitrogens is 1. The number of nitrogens with one attached hydrogen (secondary N) is 1. The second-order valence-electron chi connectivity index (χ2n) is 4.31. The molecule has 19 heavy (non-hydrogen) atoms. The second kappa shape index (κ2) is 5.23. The van der Waals surface area contributed by atoms with E-state index in [1.54, 1.807) is 0 Å². The Kier molecular flexibility index (Phi) is 3.60. The van der Waals surface area contributed by atoms with Crippen LogP contribution in [0.1, 0.15) is 5.56 Å². The SMILES string of the molecule is S=c1[nH]c2cc(Br)ccc2n1Cc1cccc(Br)c1. The molecule has 0 saturated heterocycles. The molecule has 5 heteroatoms. The van der Waals surface area contributed by atoms with Crippen LogP contribution in [0.5, 0.6) is 0 Å². The zero-order valence-corrected chi connectivity index (χ0v) is 13.8. The van der Waals surface area contributed by atoms with Gasteiger partial charge in [0.05, 0.1) is 17.6 Å². The Morgan fingerprint density at radius 1 is 1.05 bits per heavy atom. The summed E-state index contributed by atoms with van der Waals surface area (Å²) >= 11 is 12.4. The molecule has 0 aliphatic heterocycles. The minimum absolute atomic E-state index is 0.744. The van der Waals surface area contributed by atoms with Crippen LogP contribution in [-0.2, 0) is 6.54 Å². The number of aromatic nitrogens is 2. The molecule has 2 aromatic carbocycles. The summed E-state index contributed by atoms with van der Waals surface area (Å²) in [7, 11) is 0. The highest BCUT2D eigenvalue weighted by atomic mass is 79.9. The van der Waals surface area contributed by atoms with Gasteiger partial charge in [0.1, 0.15) is 0 Å². The number of rotatable bonds is 2. The first kappa shape index (κ1) is 13.1. The van der Waals surface area contributed by atoms with Crippen molar-refractivity contribution in [1.82, 2.24) is 9.55 Å². The van der Waals surface area contributed by atoms with Crippen LogP contribution in [0.3, 0.4) is 0 Å². The van der Waals surface area contributed by atoms with Crippen molar-refractivity contribution in [3.05, 3.63) is 61.7 Å². The molecule has 3 rings (SSSR count). The highest BCUT2D eigenvalue weighted by Gasteiger charge is 2.05. The summed E-state index contributed by atoms with van der Waals surface area (Å²) in [5.74, 6) is 0. The highest BCUT2D eigenvalue weighted by molar-refractivity contribution is 9.10. The molecule has 3 aromatic rings. The van der Waals surface area contributed by atoms with E-state index in [4.69, 9.17) is 12.2 Å². The molecule has 0 fully saturated rings. The molecule has 0 atom stereocenters. The van der Waals surface area contributed by atoms with Gasteiger partial charge in [-0.15, -0.1) is 0 Å². The zero-order valence-electron chi connectivity index (χ0n) is 9.86. The Bertz CT molecular complexity index is 805. The van der Waals surface area contributed by atoms with Crippen LogP contribution in [0.25, 0.3) is 11.0 Å². The maximum Gasteiger partial charge on any atom is 0.178 e. The predicted molar refractivity (Wildman–Crippen MR) is 88.1 cm³/mol. The average molecular weight is 398 g/mol. The van der Waals surface area contributed by atoms with Crippen molar-refractivity contribution in [2.24, 2.45) is 0 Å². The van der Waals surface area contributed by atoms with Crippen molar-refractivity contribution in [3.8, 4) is 0 Å². The van der Waals surface area contributed by atoms with Crippen molar-refractivity contribution in [2.45, 2.75) is 6.54 Å². The van der Waals surface area contributed by atoms with Gasteiger partial charge in [0.25, 0.3) is 0 Å². The Hall–Kier alpha value is -0.910. The first-order chi connectivity index (χ1) is 9.13. The van der Waals surface area contributed by atoms with E-state index in [2.05, 4.69) is 59.6 Å². The van der Waals surface area contributed by atoms with Gasteiger partial charge in [-0.1, -0.05) is 44.0 Å². The van der Waals surface area contributed by atoms with Crippen molar-refractivity contribution in [3.63, 3.8) is 0 Å². The number of aromatic amines is 1. The second-order valence-corrected chi connectivity index (χ2v) is 6.53. The Labute approximate surface area is 132 Å². The predicted octanol–water partition coefficient (Wildman–Crippen LogP) is 5.27. The van der Waals surface area contributed by atoms with E-state index in [9.17, 15) is 0 Å². The summed E-state index contributed by atoms with van der Waals surface area (Å²) in [5, 5.41) is 0. The maximum atomic E-state index is 5.41. The number of nitrogens with zero attached hydrogens (tertiary/aromatic N) is 1. The molecule has 0 amide bonds. The van der Waals surface area contributed by atoms with Crippen molar-refractivity contribution in [1.29, 1.82) is 0 Å². The van der Waals surface area contributed by atoms with Gasteiger partial charge < -0.3 is 9.55 Å². The minimum Gasteiger partial charge on any atom is -0.331 e. The largest absolute Gasteiger partial charge is 0.331 e. The average Bonchev–Trinajstić information content (AvgIpc) is 2.65. The number of fused-ring (bicyclic) bond motifs is 1. The maximum absolute atomic E-state index is 5.41. The lowest BCUT2D eigenvalue weighted by atomic mass is 10.2. The van der Waals surface area contributed by atoms with Gasteiger partial charge in [-0.05, 0) is 48.1 Å². The standard InChI is InChI=1S/C14H10Br2N2S/c15-10-3-1-2-9(6-10)8-18-13-5-4-11(16)7-12(13)17-14(18)19/h1-7H,8H2,(H,17,19). The summed E-state index contributed by atoms with van der Waals surface area (Å²) in [6, 6.07) is 14.4. The van der Waals surface area contributed by atoms with Crippen molar-refractivity contribution < 1.29 is 0 Å². The van der Waals surface area contributed by atoms with Crippen LogP contribution in [-0.4, -0.2) is 9.55 Å². The van der Waals surface area contributed by atoms with Crippen LogP contribution < -0.4 is 0 Å². The number of benzene rings is 2. The summed E-state index contributed by atoms with van der Waals surface area (Å²) in [6.07, 6.45) is 0. The van der Waals surface area contributed by atoms with Gasteiger partial charge in [0.15, 0.2) is 4.77 Å². The van der Waals surface area contributed by atoms with E-state index in [0.717, 1.165) is 31.3 Å². The molecule has 0 spiro atoms. The van der Waals surface area contributed by atoms with Crippen LogP contribution in [0.15, 0.2) is 51.4 Å². The molecular formula is C14H10Br2N2S. The van der Waals surface area contributed by atoms with Gasteiger partial charge in [-0.25, -0.2) is 0 Å². The van der Waals surface area contributed by atoms with E-state index in [0.29, 0.717) is 0 Å². The molecule has 0 aliphatic carbocycles. The van der Waals surface area contributed by atoms with Gasteiger partial charge >= 0.3 is 0 Å². The van der Waals surface area contributed by atoms with Gasteiger partial charge in [0, 0.05) is 8.95 Å². The van der Waals surface area contributed by atoms with Crippen LogP contribution in [0, 0.1) is 4.77 Å². The fraction of sp³-hybridized carbons (Fsp3) is 0.0714. The van der Waals surface area contributed by atoms with Gasteiger partial charge in [-0.3, -0.25) is 0 Å². The molecule has 0 aliphatic rings. The van der Waals surface area contributed by atoms with E-state index in [-0.39, 0.29) is 0 Å². The number of hydrogen-bond acceptors (Lipinski definition) is 1. The first-order valence-corrected chi connectivity index (χ1v) is 7.75. The third-order valence-electron chi connectivity index (χ3n) is 2.97. The third-order valence-corrected chi connectivity index (χ3v) is 4.27. The highest BCUT2D eigenvalue weighted by Crippen LogP contribution is 2.21. The van der Waals surface area contributed by atoms with Gasteiger partial charge in [-0.2, -0.15) is 0 Å². The molecule has 2 nitrogen and oxygen atoms in total. The number of imidazole rings is 1. The van der Waals surface area contributed by atoms with E-state index in [1.165, 1.54) is 5.56 Å². The lowest BCUT2D eigenvalue weighted by molar-refractivity contribution is 0.810. The minimum atomic E-state index is 0.744. The van der Waals surface area contributed by atoms with Crippen LogP contribution >= 0.6 is 44.1 Å². The fourth-order valence-electron chi connectivity index (χ4n) is 2.11. The quantitative estimate of drug-likeness (QED) is 0.584. The Morgan fingerprint density at radius 3 is 2.63 bits per heavy atom. The Morgan fingerprint density at radius 2 is 1.84 bits per heavy atom. The van der Waals surface area contributed by atoms with E-state index < -0.39 is 0 Å². The molecule has 1 aromatic heterocycles. The van der Waals surface area contributed by atoms with Gasteiger partial charge in [0.2, 0.25) is 0 Å². The molecule has 1 N–H and O–H groups in total. The summed E-state index contributed by atoms with van der Waals surface area (Å²) in [6.45, 7) is 0.764. The molecule has 0 bridgehead atoms. The molecule has 0 saturated carbocycles. The molecule has 96 valence electrons. The molecule has 1 heterocycles. The smallest absolute Gasteiger partial charge is 0.178 e. The van der Waals surface area contributed by atoms with Crippen LogP contribution in [0.4, 0.5) is 0 Å².